The van der Waals surface area contributed by atoms with Crippen LogP contribution in [0.25, 0.3) is 10.6 Å². The second-order valence-corrected chi connectivity index (χ2v) is 6.57. The molecule has 0 aliphatic carbocycles. The highest BCUT2D eigenvalue weighted by molar-refractivity contribution is 14.0. The van der Waals surface area contributed by atoms with E-state index in [1.54, 1.807) is 18.4 Å². The first-order valence-corrected chi connectivity index (χ1v) is 8.99. The molecule has 2 aromatic rings. The number of hydrogen-bond donors (Lipinski definition) is 2. The minimum atomic E-state index is 0. The van der Waals surface area contributed by atoms with E-state index in [9.17, 15) is 0 Å². The molecule has 1 atom stereocenters. The molecule has 4 nitrogen and oxygen atoms in total. The van der Waals surface area contributed by atoms with Crippen LogP contribution in [0.4, 0.5) is 0 Å². The van der Waals surface area contributed by atoms with Crippen LogP contribution in [0.2, 0.25) is 0 Å². The van der Waals surface area contributed by atoms with Crippen molar-refractivity contribution in [1.82, 2.24) is 15.6 Å². The average Bonchev–Trinajstić information content (AvgIpc) is 3.03. The molecule has 0 aliphatic rings. The highest BCUT2D eigenvalue weighted by atomic mass is 127. The lowest BCUT2D eigenvalue weighted by Crippen LogP contribution is -2.42. The number of benzene rings is 1. The van der Waals surface area contributed by atoms with Crippen LogP contribution in [0, 0.1) is 6.92 Å². The van der Waals surface area contributed by atoms with Crippen molar-refractivity contribution in [2.45, 2.75) is 39.7 Å². The van der Waals surface area contributed by atoms with Gasteiger partial charge in [-0.1, -0.05) is 36.8 Å². The summed E-state index contributed by atoms with van der Waals surface area (Å²) in [6.07, 6.45) is 1.97. The van der Waals surface area contributed by atoms with E-state index in [1.165, 1.54) is 11.1 Å². The van der Waals surface area contributed by atoms with Crippen molar-refractivity contribution in [3.63, 3.8) is 0 Å². The van der Waals surface area contributed by atoms with Crippen LogP contribution in [-0.2, 0) is 6.42 Å². The van der Waals surface area contributed by atoms with Crippen molar-refractivity contribution < 1.29 is 0 Å². The van der Waals surface area contributed by atoms with Gasteiger partial charge in [0.25, 0.3) is 0 Å². The number of rotatable bonds is 6. The molecule has 0 fully saturated rings. The second kappa shape index (κ2) is 10.7. The van der Waals surface area contributed by atoms with Crippen molar-refractivity contribution >= 4 is 41.3 Å². The molecule has 6 heteroatoms. The molecule has 0 saturated heterocycles. The molecule has 2 N–H and O–H groups in total. The Bertz CT molecular complexity index is 637. The van der Waals surface area contributed by atoms with Gasteiger partial charge < -0.3 is 10.6 Å². The number of guanidine groups is 1. The molecule has 0 spiro atoms. The molecule has 0 amide bonds. The second-order valence-electron chi connectivity index (χ2n) is 5.71. The highest BCUT2D eigenvalue weighted by Gasteiger charge is 2.06. The molecular weight excluding hydrogens is 431 g/mol. The van der Waals surface area contributed by atoms with Gasteiger partial charge in [-0.05, 0) is 20.3 Å². The lowest BCUT2D eigenvalue weighted by Gasteiger charge is -2.16. The Hall–Kier alpha value is -1.15. The van der Waals surface area contributed by atoms with Gasteiger partial charge in [0.2, 0.25) is 0 Å². The third kappa shape index (κ3) is 6.39. The van der Waals surface area contributed by atoms with Crippen molar-refractivity contribution in [3.8, 4) is 10.6 Å². The van der Waals surface area contributed by atoms with Gasteiger partial charge >= 0.3 is 0 Å². The van der Waals surface area contributed by atoms with E-state index < -0.39 is 0 Å². The summed E-state index contributed by atoms with van der Waals surface area (Å²) in [6, 6.07) is 8.95. The zero-order valence-corrected chi connectivity index (χ0v) is 17.9. The van der Waals surface area contributed by atoms with E-state index >= 15 is 0 Å². The maximum atomic E-state index is 4.73. The molecule has 1 aromatic carbocycles. The van der Waals surface area contributed by atoms with Crippen molar-refractivity contribution in [2.75, 3.05) is 13.6 Å². The Balaban J connectivity index is 0.00000288. The number of aromatic nitrogens is 1. The number of halogens is 1. The summed E-state index contributed by atoms with van der Waals surface area (Å²) in [7, 11) is 1.80. The Morgan fingerprint density at radius 2 is 2.00 bits per heavy atom. The first kappa shape index (κ1) is 20.9. The fraction of sp³-hybridized carbons (Fsp3) is 0.444. The molecule has 1 aromatic heterocycles. The lowest BCUT2D eigenvalue weighted by molar-refractivity contribution is 0.624. The van der Waals surface area contributed by atoms with Crippen LogP contribution in [-0.4, -0.2) is 30.6 Å². The number of aliphatic imine (C=N–C) groups is 1. The van der Waals surface area contributed by atoms with Crippen molar-refractivity contribution in [2.24, 2.45) is 4.99 Å². The van der Waals surface area contributed by atoms with Gasteiger partial charge in [0.15, 0.2) is 5.96 Å². The van der Waals surface area contributed by atoms with Gasteiger partial charge in [0.1, 0.15) is 5.01 Å². The van der Waals surface area contributed by atoms with E-state index in [4.69, 9.17) is 4.98 Å². The van der Waals surface area contributed by atoms with Gasteiger partial charge in [0.05, 0.1) is 5.69 Å². The van der Waals surface area contributed by atoms with E-state index in [-0.39, 0.29) is 24.0 Å². The topological polar surface area (TPSA) is 49.3 Å². The van der Waals surface area contributed by atoms with Crippen LogP contribution in [0.1, 0.15) is 31.5 Å². The summed E-state index contributed by atoms with van der Waals surface area (Å²) in [5.74, 6) is 0.855. The Kier molecular flexibility index (Phi) is 9.28. The number of thiazole rings is 1. The quantitative estimate of drug-likeness (QED) is 0.387. The molecular formula is C18H27IN4S. The smallest absolute Gasteiger partial charge is 0.191 e. The third-order valence-corrected chi connectivity index (χ3v) is 4.68. The molecule has 0 aliphatic heterocycles. The maximum absolute atomic E-state index is 4.73. The number of hydrogen-bond acceptors (Lipinski definition) is 3. The van der Waals surface area contributed by atoms with Crippen LogP contribution < -0.4 is 10.6 Å². The predicted molar refractivity (Wildman–Crippen MR) is 116 cm³/mol. The van der Waals surface area contributed by atoms with E-state index in [2.05, 4.69) is 66.0 Å². The summed E-state index contributed by atoms with van der Waals surface area (Å²) in [4.78, 5) is 8.97. The summed E-state index contributed by atoms with van der Waals surface area (Å²) in [5, 5.41) is 9.93. The maximum Gasteiger partial charge on any atom is 0.191 e. The Labute approximate surface area is 166 Å². The Morgan fingerprint density at radius 1 is 1.29 bits per heavy atom. The van der Waals surface area contributed by atoms with E-state index in [0.717, 1.165) is 36.0 Å². The number of nitrogens with one attached hydrogen (secondary N) is 2. The fourth-order valence-electron chi connectivity index (χ4n) is 2.09. The van der Waals surface area contributed by atoms with E-state index in [1.807, 2.05) is 0 Å². The van der Waals surface area contributed by atoms with Crippen molar-refractivity contribution in [3.05, 3.63) is 40.9 Å². The van der Waals surface area contributed by atoms with Gasteiger partial charge in [-0.3, -0.25) is 4.99 Å². The van der Waals surface area contributed by atoms with Gasteiger partial charge in [-0.15, -0.1) is 35.3 Å². The SMILES string of the molecule is CCC(C)NC(=NC)NCCc1csc(-c2ccc(C)cc2)n1.I. The lowest BCUT2D eigenvalue weighted by atomic mass is 10.2. The summed E-state index contributed by atoms with van der Waals surface area (Å²) in [5.41, 5.74) is 3.58. The molecule has 0 saturated carbocycles. The average molecular weight is 458 g/mol. The van der Waals surface area contributed by atoms with Crippen LogP contribution in [0.15, 0.2) is 34.6 Å². The predicted octanol–water partition coefficient (Wildman–Crippen LogP) is 4.24. The van der Waals surface area contributed by atoms with Crippen LogP contribution in [0.3, 0.4) is 0 Å². The third-order valence-electron chi connectivity index (χ3n) is 3.74. The molecule has 0 radical (unpaired) electrons. The first-order chi connectivity index (χ1) is 11.1. The van der Waals surface area contributed by atoms with Crippen molar-refractivity contribution in [1.29, 1.82) is 0 Å². The molecule has 1 unspecified atom stereocenters. The number of nitrogens with zero attached hydrogens (tertiary/aromatic N) is 2. The molecule has 2 rings (SSSR count). The summed E-state index contributed by atoms with van der Waals surface area (Å²) in [6.45, 7) is 7.24. The summed E-state index contributed by atoms with van der Waals surface area (Å²) < 4.78 is 0. The molecule has 24 heavy (non-hydrogen) atoms. The number of aryl methyl sites for hydroxylation is 1. The highest BCUT2D eigenvalue weighted by Crippen LogP contribution is 2.24. The van der Waals surface area contributed by atoms with E-state index in [0.29, 0.717) is 6.04 Å². The molecule has 0 bridgehead atoms. The van der Waals surface area contributed by atoms with Gasteiger partial charge in [-0.25, -0.2) is 4.98 Å². The monoisotopic (exact) mass is 458 g/mol. The minimum Gasteiger partial charge on any atom is -0.356 e. The largest absolute Gasteiger partial charge is 0.356 e. The fourth-order valence-corrected chi connectivity index (χ4v) is 2.95. The van der Waals surface area contributed by atoms with Gasteiger partial charge in [-0.2, -0.15) is 0 Å². The van der Waals surface area contributed by atoms with Gasteiger partial charge in [0, 0.05) is 37.0 Å². The standard InChI is InChI=1S/C18H26N4S.HI/c1-5-14(3)21-18(19-4)20-11-10-16-12-23-17(22-16)15-8-6-13(2)7-9-15;/h6-9,12,14H,5,10-11H2,1-4H3,(H2,19,20,21);1H. The zero-order valence-electron chi connectivity index (χ0n) is 14.8. The summed E-state index contributed by atoms with van der Waals surface area (Å²) >= 11 is 1.70. The first-order valence-electron chi connectivity index (χ1n) is 8.11. The minimum absolute atomic E-state index is 0. The molecule has 1 heterocycles. The normalized spacial score (nSPS) is 12.4. The Morgan fingerprint density at radius 3 is 2.62 bits per heavy atom. The van der Waals surface area contributed by atoms with Crippen LogP contribution >= 0.6 is 35.3 Å². The zero-order chi connectivity index (χ0) is 16.7. The van der Waals surface area contributed by atoms with Crippen LogP contribution in [0.5, 0.6) is 0 Å². The molecule has 132 valence electrons.